The van der Waals surface area contributed by atoms with E-state index in [2.05, 4.69) is 31.4 Å². The average Bonchev–Trinajstić information content (AvgIpc) is 3.00. The zero-order valence-electron chi connectivity index (χ0n) is 15.1. The van der Waals surface area contributed by atoms with Crippen LogP contribution in [0.25, 0.3) is 11.2 Å². The standard InChI is InChI=1S/C17H19BrN6O3/c1-4-7-24-13-14(22(2)17(27)23(3)15(13)26)20-16(24)21-19-9-10-8-11(18)5-6-12(10)25/h5-6,8-9,25H,4,7H2,1-3H3,(H,20,21)/b19-9-. The van der Waals surface area contributed by atoms with Gasteiger partial charge in [-0.1, -0.05) is 22.9 Å². The van der Waals surface area contributed by atoms with Gasteiger partial charge < -0.3 is 9.67 Å². The van der Waals surface area contributed by atoms with Gasteiger partial charge in [-0.05, 0) is 24.6 Å². The van der Waals surface area contributed by atoms with Gasteiger partial charge in [-0.2, -0.15) is 10.1 Å². The zero-order valence-corrected chi connectivity index (χ0v) is 16.7. The highest BCUT2D eigenvalue weighted by Crippen LogP contribution is 2.20. The molecule has 27 heavy (non-hydrogen) atoms. The number of hydrazone groups is 1. The van der Waals surface area contributed by atoms with Crippen LogP contribution < -0.4 is 16.7 Å². The molecule has 0 fully saturated rings. The monoisotopic (exact) mass is 434 g/mol. The number of phenolic OH excluding ortho intramolecular Hbond substituents is 1. The number of benzene rings is 1. The first-order valence-electron chi connectivity index (χ1n) is 8.29. The molecule has 3 rings (SSSR count). The number of hydrogen-bond donors (Lipinski definition) is 2. The third-order valence-corrected chi connectivity index (χ3v) is 4.65. The Hall–Kier alpha value is -2.88. The molecular weight excluding hydrogens is 416 g/mol. The normalized spacial score (nSPS) is 11.6. The zero-order chi connectivity index (χ0) is 19.7. The van der Waals surface area contributed by atoms with Crippen LogP contribution in [0.4, 0.5) is 5.95 Å². The summed E-state index contributed by atoms with van der Waals surface area (Å²) in [6.45, 7) is 2.51. The van der Waals surface area contributed by atoms with Gasteiger partial charge in [0.05, 0.1) is 6.21 Å². The molecule has 0 bridgehead atoms. The number of fused-ring (bicyclic) bond motifs is 1. The molecule has 0 saturated carbocycles. The number of anilines is 1. The number of aromatic nitrogens is 4. The van der Waals surface area contributed by atoms with Crippen molar-refractivity contribution in [1.82, 2.24) is 18.7 Å². The summed E-state index contributed by atoms with van der Waals surface area (Å²) in [6, 6.07) is 4.99. The Kier molecular flexibility index (Phi) is 5.17. The minimum atomic E-state index is -0.442. The average molecular weight is 435 g/mol. The summed E-state index contributed by atoms with van der Waals surface area (Å²) >= 11 is 3.34. The molecule has 10 heteroatoms. The Bertz CT molecular complexity index is 1160. The number of aryl methyl sites for hydroxylation is 2. The molecule has 142 valence electrons. The van der Waals surface area contributed by atoms with Crippen LogP contribution in [0.5, 0.6) is 5.75 Å². The molecule has 2 aromatic heterocycles. The summed E-state index contributed by atoms with van der Waals surface area (Å²) in [4.78, 5) is 29.1. The molecular formula is C17H19BrN6O3. The third kappa shape index (κ3) is 3.39. The molecule has 0 aliphatic rings. The van der Waals surface area contributed by atoms with Crippen molar-refractivity contribution in [2.24, 2.45) is 19.2 Å². The fourth-order valence-corrected chi connectivity index (χ4v) is 3.14. The van der Waals surface area contributed by atoms with Gasteiger partial charge in [0, 0.05) is 30.7 Å². The molecule has 0 aliphatic heterocycles. The highest BCUT2D eigenvalue weighted by molar-refractivity contribution is 9.10. The molecule has 2 N–H and O–H groups in total. The first-order valence-corrected chi connectivity index (χ1v) is 9.08. The molecule has 3 aromatic rings. The van der Waals surface area contributed by atoms with Crippen molar-refractivity contribution in [3.8, 4) is 5.75 Å². The first kappa shape index (κ1) is 18.9. The van der Waals surface area contributed by atoms with Gasteiger partial charge in [0.25, 0.3) is 5.56 Å². The lowest BCUT2D eigenvalue weighted by molar-refractivity contribution is 0.474. The number of aromatic hydroxyl groups is 1. The molecule has 0 spiro atoms. The summed E-state index contributed by atoms with van der Waals surface area (Å²) in [7, 11) is 3.01. The Labute approximate surface area is 162 Å². The Balaban J connectivity index is 2.08. The van der Waals surface area contributed by atoms with Gasteiger partial charge in [-0.15, -0.1) is 0 Å². The van der Waals surface area contributed by atoms with E-state index in [1.807, 2.05) is 6.92 Å². The lowest BCUT2D eigenvalue weighted by Gasteiger charge is -2.07. The van der Waals surface area contributed by atoms with Crippen LogP contribution in [0.15, 0.2) is 37.4 Å². The Morgan fingerprint density at radius 3 is 2.74 bits per heavy atom. The molecule has 0 atom stereocenters. The predicted octanol–water partition coefficient (Wildman–Crippen LogP) is 1.76. The summed E-state index contributed by atoms with van der Waals surface area (Å²) in [5.74, 6) is 0.429. The molecule has 0 saturated heterocycles. The second-order valence-corrected chi connectivity index (χ2v) is 6.95. The van der Waals surface area contributed by atoms with Gasteiger partial charge in [0.15, 0.2) is 11.2 Å². The van der Waals surface area contributed by atoms with Crippen LogP contribution in [0.3, 0.4) is 0 Å². The molecule has 1 aromatic carbocycles. The van der Waals surface area contributed by atoms with Crippen LogP contribution in [-0.2, 0) is 20.6 Å². The van der Waals surface area contributed by atoms with Crippen LogP contribution in [0.1, 0.15) is 18.9 Å². The third-order valence-electron chi connectivity index (χ3n) is 4.15. The molecule has 0 radical (unpaired) electrons. The highest BCUT2D eigenvalue weighted by atomic mass is 79.9. The second kappa shape index (κ2) is 7.39. The summed E-state index contributed by atoms with van der Waals surface area (Å²) < 4.78 is 4.90. The van der Waals surface area contributed by atoms with Gasteiger partial charge >= 0.3 is 5.69 Å². The Morgan fingerprint density at radius 2 is 2.04 bits per heavy atom. The maximum Gasteiger partial charge on any atom is 0.332 e. The Morgan fingerprint density at radius 1 is 1.30 bits per heavy atom. The highest BCUT2D eigenvalue weighted by Gasteiger charge is 2.18. The predicted molar refractivity (Wildman–Crippen MR) is 108 cm³/mol. The van der Waals surface area contributed by atoms with E-state index in [4.69, 9.17) is 0 Å². The molecule has 0 amide bonds. The van der Waals surface area contributed by atoms with Gasteiger partial charge in [0.1, 0.15) is 5.75 Å². The summed E-state index contributed by atoms with van der Waals surface area (Å²) in [5.41, 5.74) is 3.10. The van der Waals surface area contributed by atoms with Crippen molar-refractivity contribution in [3.05, 3.63) is 49.1 Å². The van der Waals surface area contributed by atoms with Crippen molar-refractivity contribution >= 4 is 39.3 Å². The van der Waals surface area contributed by atoms with Crippen LogP contribution in [-0.4, -0.2) is 30.0 Å². The van der Waals surface area contributed by atoms with E-state index in [0.29, 0.717) is 29.2 Å². The SMILES string of the molecule is CCCn1c(N/N=C\c2cc(Br)ccc2O)nc2c1c(=O)n(C)c(=O)n2C. The van der Waals surface area contributed by atoms with Crippen LogP contribution in [0.2, 0.25) is 0 Å². The fraction of sp³-hybridized carbons (Fsp3) is 0.294. The van der Waals surface area contributed by atoms with Gasteiger partial charge in [0.2, 0.25) is 5.95 Å². The van der Waals surface area contributed by atoms with Crippen molar-refractivity contribution in [2.45, 2.75) is 19.9 Å². The molecule has 0 aliphatic carbocycles. The van der Waals surface area contributed by atoms with Gasteiger partial charge in [-0.25, -0.2) is 10.2 Å². The number of hydrogen-bond acceptors (Lipinski definition) is 6. The van der Waals surface area contributed by atoms with E-state index in [-0.39, 0.29) is 5.75 Å². The second-order valence-electron chi connectivity index (χ2n) is 6.04. The topological polar surface area (TPSA) is 106 Å². The van der Waals surface area contributed by atoms with Crippen LogP contribution >= 0.6 is 15.9 Å². The smallest absolute Gasteiger partial charge is 0.332 e. The minimum absolute atomic E-state index is 0.0853. The fourth-order valence-electron chi connectivity index (χ4n) is 2.76. The quantitative estimate of drug-likeness (QED) is 0.469. The maximum atomic E-state index is 12.6. The number of phenols is 1. The number of nitrogens with one attached hydrogen (secondary N) is 1. The van der Waals surface area contributed by atoms with Crippen molar-refractivity contribution in [2.75, 3.05) is 5.43 Å². The maximum absolute atomic E-state index is 12.6. The molecule has 2 heterocycles. The van der Waals surface area contributed by atoms with Gasteiger partial charge in [-0.3, -0.25) is 13.9 Å². The summed E-state index contributed by atoms with van der Waals surface area (Å²) in [5, 5.41) is 14.0. The van der Waals surface area contributed by atoms with E-state index in [9.17, 15) is 14.7 Å². The van der Waals surface area contributed by atoms with E-state index in [1.165, 1.54) is 17.8 Å². The lowest BCUT2D eigenvalue weighted by atomic mass is 10.2. The lowest BCUT2D eigenvalue weighted by Crippen LogP contribution is -2.37. The number of imidazole rings is 1. The van der Waals surface area contributed by atoms with E-state index in [1.54, 1.807) is 29.8 Å². The van der Waals surface area contributed by atoms with Crippen molar-refractivity contribution in [1.29, 1.82) is 0 Å². The van der Waals surface area contributed by atoms with E-state index < -0.39 is 11.2 Å². The molecule has 0 unspecified atom stereocenters. The summed E-state index contributed by atoms with van der Waals surface area (Å²) in [6.07, 6.45) is 2.22. The van der Waals surface area contributed by atoms with Crippen LogP contribution in [0, 0.1) is 0 Å². The molecule has 9 nitrogen and oxygen atoms in total. The van der Waals surface area contributed by atoms with Crippen molar-refractivity contribution < 1.29 is 5.11 Å². The number of nitrogens with zero attached hydrogens (tertiary/aromatic N) is 5. The minimum Gasteiger partial charge on any atom is -0.507 e. The van der Waals surface area contributed by atoms with Crippen molar-refractivity contribution in [3.63, 3.8) is 0 Å². The van der Waals surface area contributed by atoms with E-state index in [0.717, 1.165) is 15.5 Å². The van der Waals surface area contributed by atoms with E-state index >= 15 is 0 Å². The first-order chi connectivity index (χ1) is 12.8. The largest absolute Gasteiger partial charge is 0.507 e. The number of halogens is 1. The number of rotatable bonds is 5.